The molecular weight excluding hydrogens is 465 g/mol. The van der Waals surface area contributed by atoms with Crippen LogP contribution in [0.15, 0.2) is 17.6 Å². The van der Waals surface area contributed by atoms with Gasteiger partial charge in [0.25, 0.3) is 0 Å². The number of carbonyl (C=O) groups is 1. The largest absolute Gasteiger partial charge is 0.357 e. The summed E-state index contributed by atoms with van der Waals surface area (Å²) in [4.78, 5) is 23.3. The van der Waals surface area contributed by atoms with Gasteiger partial charge in [0, 0.05) is 47.3 Å². The lowest BCUT2D eigenvalue weighted by atomic mass is 10.2. The van der Waals surface area contributed by atoms with Gasteiger partial charge in [-0.2, -0.15) is 0 Å². The molecule has 1 saturated heterocycles. The fourth-order valence-corrected chi connectivity index (χ4v) is 3.52. The number of carbonyl (C=O) groups excluding carboxylic acids is 1. The Balaban J connectivity index is 0.00000729. The van der Waals surface area contributed by atoms with Gasteiger partial charge in [-0.25, -0.2) is 0 Å². The molecule has 1 atom stereocenters. The molecule has 0 aromatic rings. The van der Waals surface area contributed by atoms with Crippen molar-refractivity contribution in [1.82, 2.24) is 20.0 Å². The van der Waals surface area contributed by atoms with Gasteiger partial charge in [-0.1, -0.05) is 12.5 Å². The Morgan fingerprint density at radius 3 is 2.64 bits per heavy atom. The second kappa shape index (κ2) is 16.0. The van der Waals surface area contributed by atoms with Crippen molar-refractivity contribution < 1.29 is 4.79 Å². The molecule has 1 fully saturated rings. The average molecular weight is 508 g/mol. The third kappa shape index (κ3) is 10.1. The summed E-state index contributed by atoms with van der Waals surface area (Å²) in [6.07, 6.45) is 9.80. The van der Waals surface area contributed by atoms with Crippen molar-refractivity contribution in [2.24, 2.45) is 4.99 Å². The molecule has 1 heterocycles. The summed E-state index contributed by atoms with van der Waals surface area (Å²) in [6.45, 7) is 10.5. The first kappa shape index (κ1) is 27.2. The number of nitrogens with zero attached hydrogens (tertiary/aromatic N) is 4. The van der Waals surface area contributed by atoms with E-state index in [-0.39, 0.29) is 35.9 Å². The summed E-state index contributed by atoms with van der Waals surface area (Å²) in [7, 11) is 5.80. The zero-order valence-corrected chi connectivity index (χ0v) is 20.8. The first-order valence-corrected chi connectivity index (χ1v) is 10.6. The lowest BCUT2D eigenvalue weighted by Crippen LogP contribution is -2.43. The maximum absolute atomic E-state index is 12.3. The van der Waals surface area contributed by atoms with Crippen molar-refractivity contribution in [2.45, 2.75) is 57.9 Å². The van der Waals surface area contributed by atoms with E-state index in [0.29, 0.717) is 0 Å². The number of likely N-dealkylation sites (N-methyl/N-ethyl adjacent to an activating group) is 1. The van der Waals surface area contributed by atoms with E-state index in [2.05, 4.69) is 35.7 Å². The Bertz CT molecular complexity index is 470. The molecule has 0 bridgehead atoms. The van der Waals surface area contributed by atoms with Crippen molar-refractivity contribution in [3.8, 4) is 0 Å². The summed E-state index contributed by atoms with van der Waals surface area (Å²) in [6, 6.07) is 0.0652. The lowest BCUT2D eigenvalue weighted by Gasteiger charge is -2.26. The molecule has 6 nitrogen and oxygen atoms in total. The Hall–Kier alpha value is -0.830. The van der Waals surface area contributed by atoms with E-state index in [1.54, 1.807) is 4.90 Å². The Morgan fingerprint density at radius 2 is 2.00 bits per heavy atom. The fraction of sp³-hybridized carbons (Fsp3) is 0.810. The van der Waals surface area contributed by atoms with Gasteiger partial charge in [0.1, 0.15) is 0 Å². The summed E-state index contributed by atoms with van der Waals surface area (Å²) in [5, 5.41) is 3.39. The summed E-state index contributed by atoms with van der Waals surface area (Å²) < 4.78 is 0. The molecule has 1 N–H and O–H groups in total. The van der Waals surface area contributed by atoms with Crippen molar-refractivity contribution in [1.29, 1.82) is 0 Å². The normalized spacial score (nSPS) is 17.1. The number of aliphatic imine (C=N–C) groups is 1. The molecule has 1 amide bonds. The molecule has 28 heavy (non-hydrogen) atoms. The van der Waals surface area contributed by atoms with Crippen LogP contribution in [0.3, 0.4) is 0 Å². The van der Waals surface area contributed by atoms with E-state index in [4.69, 9.17) is 4.99 Å². The van der Waals surface area contributed by atoms with E-state index in [0.717, 1.165) is 64.4 Å². The number of unbranched alkanes of at least 4 members (excludes halogenated alkanes) is 3. The topological polar surface area (TPSA) is 51.2 Å². The van der Waals surface area contributed by atoms with Gasteiger partial charge in [0.05, 0.1) is 6.04 Å². The highest BCUT2D eigenvalue weighted by Crippen LogP contribution is 2.18. The number of guanidine groups is 1. The minimum Gasteiger partial charge on any atom is -0.357 e. The standard InChI is InChI=1S/C21H41N5O.HI/c1-6-8-9-10-11-16-25(5)21(22-7-2)23-15-13-18-26-17-12-14-19(26)20(27)24(3)4;/h6,19H,1,7-18H2,2-5H3,(H,22,23);1H. The summed E-state index contributed by atoms with van der Waals surface area (Å²) in [5.74, 6) is 1.23. The van der Waals surface area contributed by atoms with Gasteiger partial charge in [-0.3, -0.25) is 14.7 Å². The minimum absolute atomic E-state index is 0. The molecule has 1 aliphatic heterocycles. The predicted octanol–water partition coefficient (Wildman–Crippen LogP) is 3.19. The number of likely N-dealkylation sites (tertiary alicyclic amines) is 1. The number of hydrogen-bond donors (Lipinski definition) is 1. The first-order valence-electron chi connectivity index (χ1n) is 10.6. The van der Waals surface area contributed by atoms with Crippen molar-refractivity contribution >= 4 is 35.8 Å². The monoisotopic (exact) mass is 507 g/mol. The van der Waals surface area contributed by atoms with Crippen molar-refractivity contribution in [3.63, 3.8) is 0 Å². The minimum atomic E-state index is 0. The molecule has 164 valence electrons. The van der Waals surface area contributed by atoms with E-state index in [9.17, 15) is 4.79 Å². The van der Waals surface area contributed by atoms with E-state index in [1.807, 2.05) is 20.2 Å². The number of rotatable bonds is 12. The SMILES string of the molecule is C=CCCCCCN(C)C(=NCCCN1CCCC1C(=O)N(C)C)NCC.I. The maximum Gasteiger partial charge on any atom is 0.239 e. The van der Waals surface area contributed by atoms with Crippen LogP contribution in [-0.2, 0) is 4.79 Å². The average Bonchev–Trinajstić information content (AvgIpc) is 3.11. The summed E-state index contributed by atoms with van der Waals surface area (Å²) in [5.41, 5.74) is 0. The quantitative estimate of drug-likeness (QED) is 0.145. The molecule has 0 aliphatic carbocycles. The molecule has 0 saturated carbocycles. The van der Waals surface area contributed by atoms with Crippen LogP contribution in [0.5, 0.6) is 0 Å². The number of halogens is 1. The second-order valence-electron chi connectivity index (χ2n) is 7.58. The van der Waals surface area contributed by atoms with Gasteiger partial charge in [-0.15, -0.1) is 30.6 Å². The predicted molar refractivity (Wildman–Crippen MR) is 131 cm³/mol. The van der Waals surface area contributed by atoms with Gasteiger partial charge in [-0.05, 0) is 52.0 Å². The van der Waals surface area contributed by atoms with Gasteiger partial charge < -0.3 is 15.1 Å². The zero-order chi connectivity index (χ0) is 20.1. The zero-order valence-electron chi connectivity index (χ0n) is 18.5. The molecule has 1 rings (SSSR count). The van der Waals surface area contributed by atoms with Crippen LogP contribution in [0.25, 0.3) is 0 Å². The lowest BCUT2D eigenvalue weighted by molar-refractivity contribution is -0.133. The molecular formula is C21H42IN5O. The fourth-order valence-electron chi connectivity index (χ4n) is 3.52. The van der Waals surface area contributed by atoms with Gasteiger partial charge in [0.2, 0.25) is 5.91 Å². The van der Waals surface area contributed by atoms with Crippen molar-refractivity contribution in [3.05, 3.63) is 12.7 Å². The van der Waals surface area contributed by atoms with Crippen LogP contribution in [0.1, 0.15) is 51.9 Å². The van der Waals surface area contributed by atoms with Crippen LogP contribution >= 0.6 is 24.0 Å². The van der Waals surface area contributed by atoms with E-state index >= 15 is 0 Å². The van der Waals surface area contributed by atoms with Gasteiger partial charge in [0.15, 0.2) is 5.96 Å². The highest BCUT2D eigenvalue weighted by Gasteiger charge is 2.30. The Kier molecular flexibility index (Phi) is 15.5. The first-order chi connectivity index (χ1) is 13.0. The molecule has 0 aromatic carbocycles. The number of nitrogens with one attached hydrogen (secondary N) is 1. The highest BCUT2D eigenvalue weighted by molar-refractivity contribution is 14.0. The number of allylic oxidation sites excluding steroid dienone is 1. The van der Waals surface area contributed by atoms with Crippen LogP contribution < -0.4 is 5.32 Å². The molecule has 0 aromatic heterocycles. The van der Waals surface area contributed by atoms with Crippen LogP contribution in [0.2, 0.25) is 0 Å². The third-order valence-electron chi connectivity index (χ3n) is 5.05. The highest BCUT2D eigenvalue weighted by atomic mass is 127. The molecule has 7 heteroatoms. The smallest absolute Gasteiger partial charge is 0.239 e. The van der Waals surface area contributed by atoms with Gasteiger partial charge >= 0.3 is 0 Å². The van der Waals surface area contributed by atoms with E-state index in [1.165, 1.54) is 19.3 Å². The Labute approximate surface area is 189 Å². The van der Waals surface area contributed by atoms with Crippen LogP contribution in [0, 0.1) is 0 Å². The second-order valence-corrected chi connectivity index (χ2v) is 7.58. The van der Waals surface area contributed by atoms with Crippen LogP contribution in [0.4, 0.5) is 0 Å². The Morgan fingerprint density at radius 1 is 1.25 bits per heavy atom. The molecule has 1 aliphatic rings. The number of amides is 1. The third-order valence-corrected chi connectivity index (χ3v) is 5.05. The summed E-state index contributed by atoms with van der Waals surface area (Å²) >= 11 is 0. The molecule has 0 spiro atoms. The molecule has 0 radical (unpaired) electrons. The van der Waals surface area contributed by atoms with Crippen molar-refractivity contribution in [2.75, 3.05) is 53.9 Å². The number of hydrogen-bond acceptors (Lipinski definition) is 3. The molecule has 1 unspecified atom stereocenters. The van der Waals surface area contributed by atoms with E-state index < -0.39 is 0 Å². The van der Waals surface area contributed by atoms with Crippen LogP contribution in [-0.4, -0.2) is 86.5 Å². The maximum atomic E-state index is 12.3.